The molecule has 0 radical (unpaired) electrons. The number of carbonyl (C=O) groups is 2. The zero-order valence-electron chi connectivity index (χ0n) is 13.7. The maximum Gasteiger partial charge on any atom is 0.224 e. The first-order chi connectivity index (χ1) is 11.5. The van der Waals surface area contributed by atoms with Gasteiger partial charge in [0.05, 0.1) is 11.1 Å². The Morgan fingerprint density at radius 2 is 1.71 bits per heavy atom. The summed E-state index contributed by atoms with van der Waals surface area (Å²) in [5.74, 6) is 0.390. The smallest absolute Gasteiger partial charge is 0.224 e. The van der Waals surface area contributed by atoms with E-state index in [-0.39, 0.29) is 30.6 Å². The van der Waals surface area contributed by atoms with Crippen molar-refractivity contribution in [1.29, 1.82) is 0 Å². The Bertz CT molecular complexity index is 711. The third kappa shape index (κ3) is 5.39. The number of nitrogens with one attached hydrogen (secondary N) is 1. The van der Waals surface area contributed by atoms with Crippen LogP contribution in [0.15, 0.2) is 48.5 Å². The van der Waals surface area contributed by atoms with E-state index in [9.17, 15) is 9.59 Å². The number of ether oxygens (including phenoxy) is 1. The molecule has 5 heteroatoms. The molecule has 0 saturated heterocycles. The Morgan fingerprint density at radius 1 is 1.04 bits per heavy atom. The molecule has 2 aromatic rings. The van der Waals surface area contributed by atoms with E-state index in [2.05, 4.69) is 5.32 Å². The van der Waals surface area contributed by atoms with Crippen LogP contribution in [0.3, 0.4) is 0 Å². The number of rotatable bonds is 7. The Balaban J connectivity index is 1.85. The second-order valence-electron chi connectivity index (χ2n) is 5.64. The number of ketones is 1. The molecule has 0 aromatic heterocycles. The number of anilines is 1. The molecule has 2 rings (SSSR count). The van der Waals surface area contributed by atoms with Crippen molar-refractivity contribution in [2.45, 2.75) is 32.8 Å². The molecule has 126 valence electrons. The predicted molar refractivity (Wildman–Crippen MR) is 95.9 cm³/mol. The first kappa shape index (κ1) is 18.0. The molecule has 0 spiro atoms. The van der Waals surface area contributed by atoms with Gasteiger partial charge in [-0.2, -0.15) is 0 Å². The van der Waals surface area contributed by atoms with Crippen LogP contribution in [0.4, 0.5) is 5.69 Å². The number of amides is 1. The van der Waals surface area contributed by atoms with E-state index in [1.54, 1.807) is 48.5 Å². The van der Waals surface area contributed by atoms with Gasteiger partial charge in [-0.3, -0.25) is 9.59 Å². The standard InChI is InChI=1S/C19H20ClNO3/c1-13(2)24-15-9-7-14(8-10-15)21-19(23)12-11-18(22)16-5-3-4-6-17(16)20/h3-10,13H,11-12H2,1-2H3,(H,21,23). The van der Waals surface area contributed by atoms with Crippen molar-refractivity contribution >= 4 is 29.0 Å². The first-order valence-corrected chi connectivity index (χ1v) is 8.18. The lowest BCUT2D eigenvalue weighted by Crippen LogP contribution is -2.13. The molecule has 2 aromatic carbocycles. The minimum atomic E-state index is -0.215. The van der Waals surface area contributed by atoms with Gasteiger partial charge in [0.1, 0.15) is 5.75 Å². The fraction of sp³-hybridized carbons (Fsp3) is 0.263. The SMILES string of the molecule is CC(C)Oc1ccc(NC(=O)CCC(=O)c2ccccc2Cl)cc1. The zero-order valence-corrected chi connectivity index (χ0v) is 14.5. The minimum absolute atomic E-state index is 0.0984. The summed E-state index contributed by atoms with van der Waals surface area (Å²) in [4.78, 5) is 24.1. The van der Waals surface area contributed by atoms with Crippen molar-refractivity contribution in [2.24, 2.45) is 0 Å². The molecule has 0 aliphatic carbocycles. The molecule has 4 nitrogen and oxygen atoms in total. The summed E-state index contributed by atoms with van der Waals surface area (Å²) < 4.78 is 5.54. The summed E-state index contributed by atoms with van der Waals surface area (Å²) in [7, 11) is 0. The van der Waals surface area contributed by atoms with E-state index < -0.39 is 0 Å². The summed E-state index contributed by atoms with van der Waals surface area (Å²) in [5, 5.41) is 3.17. The third-order valence-electron chi connectivity index (χ3n) is 3.26. The van der Waals surface area contributed by atoms with E-state index in [4.69, 9.17) is 16.3 Å². The second kappa shape index (κ2) is 8.50. The number of carbonyl (C=O) groups excluding carboxylic acids is 2. The van der Waals surface area contributed by atoms with E-state index in [0.29, 0.717) is 16.3 Å². The summed E-state index contributed by atoms with van der Waals surface area (Å²) in [6.07, 6.45) is 0.319. The van der Waals surface area contributed by atoms with E-state index >= 15 is 0 Å². The summed E-state index contributed by atoms with van der Waals surface area (Å²) in [6.45, 7) is 3.90. The molecule has 0 atom stereocenters. The third-order valence-corrected chi connectivity index (χ3v) is 3.59. The lowest BCUT2D eigenvalue weighted by molar-refractivity contribution is -0.116. The van der Waals surface area contributed by atoms with Gasteiger partial charge in [0.15, 0.2) is 5.78 Å². The van der Waals surface area contributed by atoms with Crippen molar-refractivity contribution in [3.8, 4) is 5.75 Å². The van der Waals surface area contributed by atoms with E-state index in [1.165, 1.54) is 0 Å². The number of benzene rings is 2. The molecular weight excluding hydrogens is 326 g/mol. The van der Waals surface area contributed by atoms with Crippen LogP contribution < -0.4 is 10.1 Å². The summed E-state index contributed by atoms with van der Waals surface area (Å²) in [5.41, 5.74) is 1.11. The molecule has 0 bridgehead atoms. The van der Waals surface area contributed by atoms with E-state index in [0.717, 1.165) is 5.75 Å². The van der Waals surface area contributed by atoms with Crippen LogP contribution in [0, 0.1) is 0 Å². The van der Waals surface area contributed by atoms with Gasteiger partial charge in [-0.05, 0) is 50.2 Å². The molecule has 0 fully saturated rings. The average molecular weight is 346 g/mol. The largest absolute Gasteiger partial charge is 0.491 e. The van der Waals surface area contributed by atoms with Crippen LogP contribution in [0.1, 0.15) is 37.0 Å². The van der Waals surface area contributed by atoms with Gasteiger partial charge in [-0.25, -0.2) is 0 Å². The molecule has 0 saturated carbocycles. The molecule has 0 aliphatic rings. The topological polar surface area (TPSA) is 55.4 Å². The highest BCUT2D eigenvalue weighted by Crippen LogP contribution is 2.19. The van der Waals surface area contributed by atoms with Gasteiger partial charge < -0.3 is 10.1 Å². The van der Waals surface area contributed by atoms with Crippen molar-refractivity contribution in [3.63, 3.8) is 0 Å². The maximum absolute atomic E-state index is 12.1. The number of hydrogen-bond donors (Lipinski definition) is 1. The number of hydrogen-bond acceptors (Lipinski definition) is 3. The fourth-order valence-electron chi connectivity index (χ4n) is 2.16. The second-order valence-corrected chi connectivity index (χ2v) is 6.05. The van der Waals surface area contributed by atoms with Crippen LogP contribution in [0.5, 0.6) is 5.75 Å². The normalized spacial score (nSPS) is 10.5. The highest BCUT2D eigenvalue weighted by molar-refractivity contribution is 6.34. The highest BCUT2D eigenvalue weighted by atomic mass is 35.5. The number of Topliss-reactive ketones (excluding diaryl/α,β-unsaturated/α-hetero) is 1. The summed E-state index contributed by atoms with van der Waals surface area (Å²) in [6, 6.07) is 14.0. The van der Waals surface area contributed by atoms with Gasteiger partial charge in [-0.1, -0.05) is 23.7 Å². The van der Waals surface area contributed by atoms with Gasteiger partial charge in [0, 0.05) is 24.1 Å². The predicted octanol–water partition coefficient (Wildman–Crippen LogP) is 4.73. The Kier molecular flexibility index (Phi) is 6.38. The molecule has 0 unspecified atom stereocenters. The average Bonchev–Trinajstić information content (AvgIpc) is 2.54. The quantitative estimate of drug-likeness (QED) is 0.738. The zero-order chi connectivity index (χ0) is 17.5. The molecule has 1 N–H and O–H groups in total. The van der Waals surface area contributed by atoms with Gasteiger partial charge in [-0.15, -0.1) is 0 Å². The first-order valence-electron chi connectivity index (χ1n) is 7.80. The van der Waals surface area contributed by atoms with Crippen molar-refractivity contribution < 1.29 is 14.3 Å². The minimum Gasteiger partial charge on any atom is -0.491 e. The van der Waals surface area contributed by atoms with Gasteiger partial charge in [0.2, 0.25) is 5.91 Å². The van der Waals surface area contributed by atoms with Crippen LogP contribution in [-0.2, 0) is 4.79 Å². The molecular formula is C19H20ClNO3. The molecule has 24 heavy (non-hydrogen) atoms. The maximum atomic E-state index is 12.1. The lowest BCUT2D eigenvalue weighted by atomic mass is 10.1. The Morgan fingerprint density at radius 3 is 2.33 bits per heavy atom. The fourth-order valence-corrected chi connectivity index (χ4v) is 2.40. The van der Waals surface area contributed by atoms with E-state index in [1.807, 2.05) is 13.8 Å². The van der Waals surface area contributed by atoms with Gasteiger partial charge in [0.25, 0.3) is 0 Å². The molecule has 0 aliphatic heterocycles. The van der Waals surface area contributed by atoms with Crippen molar-refractivity contribution in [1.82, 2.24) is 0 Å². The van der Waals surface area contributed by atoms with Crippen LogP contribution in [0.2, 0.25) is 5.02 Å². The van der Waals surface area contributed by atoms with Crippen LogP contribution in [0.25, 0.3) is 0 Å². The monoisotopic (exact) mass is 345 g/mol. The lowest BCUT2D eigenvalue weighted by Gasteiger charge is -2.10. The molecule has 0 heterocycles. The highest BCUT2D eigenvalue weighted by Gasteiger charge is 2.12. The van der Waals surface area contributed by atoms with Gasteiger partial charge >= 0.3 is 0 Å². The summed E-state index contributed by atoms with van der Waals surface area (Å²) >= 11 is 5.98. The van der Waals surface area contributed by atoms with Crippen molar-refractivity contribution in [3.05, 3.63) is 59.1 Å². The Hall–Kier alpha value is -2.33. The number of halogens is 1. The van der Waals surface area contributed by atoms with Crippen LogP contribution >= 0.6 is 11.6 Å². The molecule has 1 amide bonds. The van der Waals surface area contributed by atoms with Crippen LogP contribution in [-0.4, -0.2) is 17.8 Å². The Labute approximate surface area is 146 Å². The van der Waals surface area contributed by atoms with Crippen molar-refractivity contribution in [2.75, 3.05) is 5.32 Å².